The van der Waals surface area contributed by atoms with Gasteiger partial charge in [0.2, 0.25) is 11.8 Å². The highest BCUT2D eigenvalue weighted by atomic mass is 16.5. The summed E-state index contributed by atoms with van der Waals surface area (Å²) in [5.41, 5.74) is 5.03. The molecule has 0 fully saturated rings. The maximum absolute atomic E-state index is 12.0. The number of hydrogen-bond donors (Lipinski definition) is 2. The normalized spacial score (nSPS) is 14.3. The Bertz CT molecular complexity index is 599. The van der Waals surface area contributed by atoms with Gasteiger partial charge in [-0.2, -0.15) is 0 Å². The predicted octanol–water partition coefficient (Wildman–Crippen LogP) is 2.09. The van der Waals surface area contributed by atoms with Crippen molar-refractivity contribution in [3.63, 3.8) is 0 Å². The Morgan fingerprint density at radius 1 is 1.32 bits per heavy atom. The van der Waals surface area contributed by atoms with Crippen LogP contribution in [0.15, 0.2) is 36.4 Å². The largest absolute Gasteiger partial charge is 0.379 e. The van der Waals surface area contributed by atoms with Crippen molar-refractivity contribution >= 4 is 17.5 Å². The Labute approximate surface area is 149 Å². The quantitative estimate of drug-likeness (QED) is 0.672. The van der Waals surface area contributed by atoms with Gasteiger partial charge >= 0.3 is 0 Å². The second-order valence-electron chi connectivity index (χ2n) is 6.22. The number of nitrogens with one attached hydrogen (secondary N) is 2. The maximum Gasteiger partial charge on any atom is 0.244 e. The third-order valence-electron chi connectivity index (χ3n) is 3.78. The molecule has 1 aromatic carbocycles. The van der Waals surface area contributed by atoms with E-state index in [2.05, 4.69) is 10.7 Å². The first kappa shape index (κ1) is 19.0. The van der Waals surface area contributed by atoms with Gasteiger partial charge < -0.3 is 10.1 Å². The molecular weight excluding hydrogens is 318 g/mol. The molecule has 0 radical (unpaired) electrons. The molecule has 6 nitrogen and oxygen atoms in total. The number of rotatable bonds is 9. The molecule has 0 atom stereocenters. The van der Waals surface area contributed by atoms with E-state index < -0.39 is 0 Å². The fraction of sp³-hybridized carbons (Fsp3) is 0.474. The molecule has 0 unspecified atom stereocenters. The number of ether oxygens (including phenoxy) is 1. The lowest BCUT2D eigenvalue weighted by Crippen LogP contribution is -2.45. The van der Waals surface area contributed by atoms with Gasteiger partial charge in [0.25, 0.3) is 0 Å². The molecule has 6 heteroatoms. The fourth-order valence-corrected chi connectivity index (χ4v) is 2.45. The van der Waals surface area contributed by atoms with Gasteiger partial charge in [-0.05, 0) is 31.9 Å². The monoisotopic (exact) mass is 345 g/mol. The minimum atomic E-state index is -0.0602. The molecular formula is C19H27N3O3. The van der Waals surface area contributed by atoms with E-state index in [0.717, 1.165) is 17.7 Å². The summed E-state index contributed by atoms with van der Waals surface area (Å²) in [6.07, 6.45) is 3.48. The van der Waals surface area contributed by atoms with Gasteiger partial charge in [-0.3, -0.25) is 20.0 Å². The summed E-state index contributed by atoms with van der Waals surface area (Å²) < 4.78 is 5.43. The molecule has 1 aliphatic rings. The highest BCUT2D eigenvalue weighted by Gasteiger charge is 2.20. The van der Waals surface area contributed by atoms with Crippen LogP contribution in [0.4, 0.5) is 0 Å². The molecule has 1 heterocycles. The molecule has 0 aromatic heterocycles. The van der Waals surface area contributed by atoms with E-state index in [0.29, 0.717) is 26.1 Å². The molecule has 2 rings (SSSR count). The van der Waals surface area contributed by atoms with Gasteiger partial charge in [-0.1, -0.05) is 30.3 Å². The number of carbonyl (C=O) groups excluding carboxylic acids is 2. The predicted molar refractivity (Wildman–Crippen MR) is 97.2 cm³/mol. The summed E-state index contributed by atoms with van der Waals surface area (Å²) in [6, 6.07) is 9.83. The van der Waals surface area contributed by atoms with Gasteiger partial charge in [-0.25, -0.2) is 0 Å². The molecule has 0 spiro atoms. The number of hydrazine groups is 1. The minimum absolute atomic E-state index is 0.0298. The summed E-state index contributed by atoms with van der Waals surface area (Å²) in [6.45, 7) is 5.54. The molecule has 2 amide bonds. The van der Waals surface area contributed by atoms with Gasteiger partial charge in [0.05, 0.1) is 18.3 Å². The first-order valence-corrected chi connectivity index (χ1v) is 8.77. The molecule has 0 aliphatic carbocycles. The van der Waals surface area contributed by atoms with Crippen molar-refractivity contribution in [3.05, 3.63) is 42.0 Å². The molecule has 0 saturated carbocycles. The van der Waals surface area contributed by atoms with Crippen molar-refractivity contribution < 1.29 is 14.3 Å². The zero-order valence-electron chi connectivity index (χ0n) is 15.0. The topological polar surface area (TPSA) is 70.7 Å². The Morgan fingerprint density at radius 2 is 2.08 bits per heavy atom. The fourth-order valence-electron chi connectivity index (χ4n) is 2.45. The number of carbonyl (C=O) groups is 2. The summed E-state index contributed by atoms with van der Waals surface area (Å²) >= 11 is 0. The Kier molecular flexibility index (Phi) is 7.47. The third-order valence-corrected chi connectivity index (χ3v) is 3.78. The molecule has 2 N–H and O–H groups in total. The van der Waals surface area contributed by atoms with Crippen LogP contribution in [0, 0.1) is 0 Å². The highest BCUT2D eigenvalue weighted by Crippen LogP contribution is 2.16. The van der Waals surface area contributed by atoms with Crippen LogP contribution in [0.5, 0.6) is 0 Å². The van der Waals surface area contributed by atoms with Gasteiger partial charge in [0, 0.05) is 26.0 Å². The zero-order chi connectivity index (χ0) is 18.1. The summed E-state index contributed by atoms with van der Waals surface area (Å²) in [7, 11) is 0. The molecule has 0 bridgehead atoms. The smallest absolute Gasteiger partial charge is 0.244 e. The van der Waals surface area contributed by atoms with Crippen molar-refractivity contribution in [1.82, 2.24) is 15.8 Å². The number of nitrogens with zero attached hydrogens (tertiary/aromatic N) is 1. The summed E-state index contributed by atoms with van der Waals surface area (Å²) in [4.78, 5) is 23.9. The molecule has 1 aromatic rings. The molecule has 0 saturated heterocycles. The van der Waals surface area contributed by atoms with Crippen molar-refractivity contribution in [2.45, 2.75) is 39.2 Å². The van der Waals surface area contributed by atoms with E-state index in [-0.39, 0.29) is 24.3 Å². The molecule has 25 heavy (non-hydrogen) atoms. The van der Waals surface area contributed by atoms with Gasteiger partial charge in [0.15, 0.2) is 0 Å². The number of hydrogen-bond acceptors (Lipinski definition) is 4. The summed E-state index contributed by atoms with van der Waals surface area (Å²) in [5.74, 6) is -0.0900. The first-order valence-electron chi connectivity index (χ1n) is 8.77. The van der Waals surface area contributed by atoms with Crippen LogP contribution in [-0.4, -0.2) is 42.6 Å². The highest BCUT2D eigenvalue weighted by molar-refractivity contribution is 5.84. The van der Waals surface area contributed by atoms with Crippen molar-refractivity contribution in [1.29, 1.82) is 0 Å². The van der Waals surface area contributed by atoms with Crippen molar-refractivity contribution in [3.8, 4) is 0 Å². The first-order chi connectivity index (χ1) is 12.1. The molecule has 136 valence electrons. The van der Waals surface area contributed by atoms with E-state index in [1.165, 1.54) is 5.01 Å². The average molecular weight is 345 g/mol. The minimum Gasteiger partial charge on any atom is -0.379 e. The van der Waals surface area contributed by atoms with E-state index >= 15 is 0 Å². The van der Waals surface area contributed by atoms with Crippen LogP contribution < -0.4 is 10.7 Å². The third kappa shape index (κ3) is 6.58. The van der Waals surface area contributed by atoms with E-state index in [9.17, 15) is 9.59 Å². The molecule has 1 aliphatic heterocycles. The van der Waals surface area contributed by atoms with Crippen molar-refractivity contribution in [2.75, 3.05) is 19.7 Å². The Balaban J connectivity index is 1.72. The van der Waals surface area contributed by atoms with Crippen LogP contribution in [0.3, 0.4) is 0 Å². The summed E-state index contributed by atoms with van der Waals surface area (Å²) in [5, 5.41) is 4.37. The number of benzene rings is 1. The van der Waals surface area contributed by atoms with Gasteiger partial charge in [-0.15, -0.1) is 0 Å². The van der Waals surface area contributed by atoms with Crippen molar-refractivity contribution in [2.24, 2.45) is 0 Å². The van der Waals surface area contributed by atoms with Crippen LogP contribution in [0.25, 0.3) is 5.70 Å². The number of amides is 2. The Hall–Kier alpha value is -2.34. The van der Waals surface area contributed by atoms with Crippen LogP contribution in [0.2, 0.25) is 0 Å². The van der Waals surface area contributed by atoms with E-state index in [1.54, 1.807) is 0 Å². The average Bonchev–Trinajstić information content (AvgIpc) is 2.61. The maximum atomic E-state index is 12.0. The second-order valence-corrected chi connectivity index (χ2v) is 6.22. The van der Waals surface area contributed by atoms with Crippen LogP contribution in [-0.2, 0) is 14.3 Å². The lowest BCUT2D eigenvalue weighted by molar-refractivity contribution is -0.133. The Morgan fingerprint density at radius 3 is 2.80 bits per heavy atom. The SMILES string of the molecule is CC(C)OCCCNC(=O)CCN1NC(c2ccccc2)=CCC1=O. The van der Waals surface area contributed by atoms with E-state index in [1.807, 2.05) is 50.3 Å². The lowest BCUT2D eigenvalue weighted by atomic mass is 10.1. The zero-order valence-corrected chi connectivity index (χ0v) is 15.0. The standard InChI is InChI=1S/C19H27N3O3/c1-15(2)25-14-6-12-20-18(23)11-13-22-19(24)10-9-17(21-22)16-7-4-3-5-8-16/h3-5,7-9,15,21H,6,10-14H2,1-2H3,(H,20,23). The van der Waals surface area contributed by atoms with E-state index in [4.69, 9.17) is 4.74 Å². The van der Waals surface area contributed by atoms with Gasteiger partial charge in [0.1, 0.15) is 0 Å². The lowest BCUT2D eigenvalue weighted by Gasteiger charge is -2.29. The second kappa shape index (κ2) is 9.84. The van der Waals surface area contributed by atoms with Crippen LogP contribution in [0.1, 0.15) is 38.7 Å². The van der Waals surface area contributed by atoms with Crippen LogP contribution >= 0.6 is 0 Å².